The van der Waals surface area contributed by atoms with Crippen molar-refractivity contribution in [3.63, 3.8) is 0 Å². The highest BCUT2D eigenvalue weighted by atomic mass is 16.5. The van der Waals surface area contributed by atoms with Gasteiger partial charge >= 0.3 is 0 Å². The van der Waals surface area contributed by atoms with Crippen LogP contribution in [-0.2, 0) is 22.5 Å². The number of benzene rings is 1. The molecule has 0 saturated carbocycles. The molecule has 4 rings (SSSR count). The largest absolute Gasteiger partial charge is 0.441 e. The average Bonchev–Trinajstić information content (AvgIpc) is 3.26. The van der Waals surface area contributed by atoms with Crippen LogP contribution in [0.25, 0.3) is 11.3 Å². The predicted molar refractivity (Wildman–Crippen MR) is 119 cm³/mol. The van der Waals surface area contributed by atoms with Crippen LogP contribution in [0.4, 0.5) is 5.82 Å². The number of anilines is 1. The minimum absolute atomic E-state index is 0.0423. The zero-order chi connectivity index (χ0) is 21.6. The van der Waals surface area contributed by atoms with Crippen molar-refractivity contribution in [1.82, 2.24) is 15.3 Å². The topological polar surface area (TPSA) is 80.5 Å². The number of aryl methyl sites for hydroxylation is 1. The number of carbonyl (C=O) groups excluding carboxylic acids is 1. The molecule has 1 aliphatic heterocycles. The van der Waals surface area contributed by atoms with E-state index in [1.165, 1.54) is 0 Å². The zero-order valence-corrected chi connectivity index (χ0v) is 18.0. The molecule has 1 aliphatic rings. The number of morpholine rings is 1. The highest BCUT2D eigenvalue weighted by Crippen LogP contribution is 2.20. The van der Waals surface area contributed by atoms with E-state index in [1.807, 2.05) is 48.7 Å². The van der Waals surface area contributed by atoms with Crippen molar-refractivity contribution in [2.45, 2.75) is 45.4 Å². The van der Waals surface area contributed by atoms with Crippen molar-refractivity contribution in [1.29, 1.82) is 0 Å². The summed E-state index contributed by atoms with van der Waals surface area (Å²) in [4.78, 5) is 23.3. The van der Waals surface area contributed by atoms with E-state index < -0.39 is 0 Å². The molecule has 0 radical (unpaired) electrons. The number of oxazole rings is 1. The molecule has 2 atom stereocenters. The summed E-state index contributed by atoms with van der Waals surface area (Å²) in [5.74, 6) is 2.18. The molecule has 1 N–H and O–H groups in total. The average molecular weight is 421 g/mol. The summed E-state index contributed by atoms with van der Waals surface area (Å²) in [6.45, 7) is 6.27. The molecule has 1 aromatic carbocycles. The number of nitrogens with zero attached hydrogens (tertiary/aromatic N) is 3. The first kappa shape index (κ1) is 21.1. The lowest BCUT2D eigenvalue weighted by Gasteiger charge is -2.36. The molecule has 1 fully saturated rings. The van der Waals surface area contributed by atoms with Crippen LogP contribution >= 0.6 is 0 Å². The van der Waals surface area contributed by atoms with E-state index in [9.17, 15) is 4.79 Å². The summed E-state index contributed by atoms with van der Waals surface area (Å²) < 4.78 is 11.5. The Morgan fingerprint density at radius 3 is 2.55 bits per heavy atom. The monoisotopic (exact) mass is 420 g/mol. The number of amides is 1. The minimum Gasteiger partial charge on any atom is -0.441 e. The molecule has 0 bridgehead atoms. The van der Waals surface area contributed by atoms with Gasteiger partial charge in [-0.25, -0.2) is 9.97 Å². The lowest BCUT2D eigenvalue weighted by atomic mass is 10.2. The molecular weight excluding hydrogens is 392 g/mol. The number of aromatic nitrogens is 2. The van der Waals surface area contributed by atoms with Crippen molar-refractivity contribution in [2.75, 3.05) is 18.0 Å². The van der Waals surface area contributed by atoms with Gasteiger partial charge in [0.25, 0.3) is 0 Å². The van der Waals surface area contributed by atoms with E-state index >= 15 is 0 Å². The van der Waals surface area contributed by atoms with E-state index in [4.69, 9.17) is 9.15 Å². The van der Waals surface area contributed by atoms with Crippen LogP contribution in [0.3, 0.4) is 0 Å². The first-order valence-corrected chi connectivity index (χ1v) is 10.7. The van der Waals surface area contributed by atoms with Gasteiger partial charge in [0.15, 0.2) is 11.7 Å². The van der Waals surface area contributed by atoms with Gasteiger partial charge in [-0.3, -0.25) is 4.79 Å². The van der Waals surface area contributed by atoms with E-state index in [1.54, 1.807) is 6.20 Å². The third kappa shape index (κ3) is 5.70. The standard InChI is InChI=1S/C24H28N4O3/c1-17-15-28(16-18(2)30-17)22-9-8-19(12-25-22)13-26-23(29)10-11-24-27-14-21(31-24)20-6-4-3-5-7-20/h3-9,12,14,17-18H,10-11,13,15-16H2,1-2H3,(H,26,29). The molecule has 1 amide bonds. The van der Waals surface area contributed by atoms with Crippen molar-refractivity contribution in [2.24, 2.45) is 0 Å². The molecule has 0 aliphatic carbocycles. The molecule has 31 heavy (non-hydrogen) atoms. The number of ether oxygens (including phenoxy) is 1. The normalized spacial score (nSPS) is 18.7. The van der Waals surface area contributed by atoms with Gasteiger partial charge < -0.3 is 19.4 Å². The molecule has 3 aromatic rings. The second-order valence-corrected chi connectivity index (χ2v) is 7.95. The first-order chi connectivity index (χ1) is 15.1. The fourth-order valence-electron chi connectivity index (χ4n) is 3.74. The van der Waals surface area contributed by atoms with E-state index in [0.29, 0.717) is 31.0 Å². The third-order valence-corrected chi connectivity index (χ3v) is 5.22. The van der Waals surface area contributed by atoms with Gasteiger partial charge in [-0.15, -0.1) is 0 Å². The Balaban J connectivity index is 1.23. The Labute approximate surface area is 182 Å². The number of carbonyl (C=O) groups is 1. The Kier molecular flexibility index (Phi) is 6.62. The van der Waals surface area contributed by atoms with Gasteiger partial charge in [0.05, 0.1) is 18.4 Å². The molecule has 7 nitrogen and oxygen atoms in total. The lowest BCUT2D eigenvalue weighted by Crippen LogP contribution is -2.45. The maximum absolute atomic E-state index is 12.2. The van der Waals surface area contributed by atoms with Gasteiger partial charge in [-0.05, 0) is 25.5 Å². The van der Waals surface area contributed by atoms with Gasteiger partial charge in [0.1, 0.15) is 5.82 Å². The van der Waals surface area contributed by atoms with Crippen molar-refractivity contribution in [3.8, 4) is 11.3 Å². The number of hydrogen-bond acceptors (Lipinski definition) is 6. The highest BCUT2D eigenvalue weighted by Gasteiger charge is 2.23. The fraction of sp³-hybridized carbons (Fsp3) is 0.375. The van der Waals surface area contributed by atoms with Crippen LogP contribution in [-0.4, -0.2) is 41.2 Å². The smallest absolute Gasteiger partial charge is 0.220 e. The summed E-state index contributed by atoms with van der Waals surface area (Å²) in [6, 6.07) is 13.8. The Bertz CT molecular complexity index is 978. The van der Waals surface area contributed by atoms with Crippen LogP contribution in [0.1, 0.15) is 31.7 Å². The van der Waals surface area contributed by atoms with Crippen LogP contribution in [0.2, 0.25) is 0 Å². The van der Waals surface area contributed by atoms with E-state index in [2.05, 4.69) is 34.0 Å². The molecule has 2 unspecified atom stereocenters. The lowest BCUT2D eigenvalue weighted by molar-refractivity contribution is -0.121. The summed E-state index contributed by atoms with van der Waals surface area (Å²) in [6.07, 6.45) is 4.69. The maximum atomic E-state index is 12.2. The molecule has 162 valence electrons. The van der Waals surface area contributed by atoms with Crippen LogP contribution in [0, 0.1) is 0 Å². The van der Waals surface area contributed by atoms with E-state index in [0.717, 1.165) is 30.0 Å². The van der Waals surface area contributed by atoms with Gasteiger partial charge in [0, 0.05) is 44.2 Å². The number of pyridine rings is 1. The maximum Gasteiger partial charge on any atom is 0.220 e. The van der Waals surface area contributed by atoms with Gasteiger partial charge in [-0.2, -0.15) is 0 Å². The number of nitrogens with one attached hydrogen (secondary N) is 1. The third-order valence-electron chi connectivity index (χ3n) is 5.22. The second-order valence-electron chi connectivity index (χ2n) is 7.95. The first-order valence-electron chi connectivity index (χ1n) is 10.7. The number of hydrogen-bond donors (Lipinski definition) is 1. The van der Waals surface area contributed by atoms with Gasteiger partial charge in [-0.1, -0.05) is 36.4 Å². The molecular formula is C24H28N4O3. The number of rotatable bonds is 7. The van der Waals surface area contributed by atoms with Gasteiger partial charge in [0.2, 0.25) is 5.91 Å². The summed E-state index contributed by atoms with van der Waals surface area (Å²) in [5.41, 5.74) is 1.94. The quantitative estimate of drug-likeness (QED) is 0.629. The predicted octanol–water partition coefficient (Wildman–Crippen LogP) is 3.60. The zero-order valence-electron chi connectivity index (χ0n) is 18.0. The molecule has 7 heteroatoms. The van der Waals surface area contributed by atoms with Crippen molar-refractivity contribution < 1.29 is 13.9 Å². The highest BCUT2D eigenvalue weighted by molar-refractivity contribution is 5.76. The minimum atomic E-state index is -0.0423. The van der Waals surface area contributed by atoms with Crippen LogP contribution in [0.5, 0.6) is 0 Å². The SMILES string of the molecule is CC1CN(c2ccc(CNC(=O)CCc3ncc(-c4ccccc4)o3)cn2)CC(C)O1. The van der Waals surface area contributed by atoms with Crippen LogP contribution < -0.4 is 10.2 Å². The second kappa shape index (κ2) is 9.75. The summed E-state index contributed by atoms with van der Waals surface area (Å²) in [5, 5.41) is 2.94. The molecule has 1 saturated heterocycles. The van der Waals surface area contributed by atoms with Crippen molar-refractivity contribution in [3.05, 3.63) is 66.3 Å². The fourth-order valence-corrected chi connectivity index (χ4v) is 3.74. The Morgan fingerprint density at radius 2 is 1.84 bits per heavy atom. The molecule has 3 heterocycles. The van der Waals surface area contributed by atoms with Crippen LogP contribution in [0.15, 0.2) is 59.3 Å². The molecule has 0 spiro atoms. The summed E-state index contributed by atoms with van der Waals surface area (Å²) in [7, 11) is 0. The Hall–Kier alpha value is -3.19. The molecule has 2 aromatic heterocycles. The van der Waals surface area contributed by atoms with E-state index in [-0.39, 0.29) is 18.1 Å². The van der Waals surface area contributed by atoms with Crippen molar-refractivity contribution >= 4 is 11.7 Å². The summed E-state index contributed by atoms with van der Waals surface area (Å²) >= 11 is 0. The Morgan fingerprint density at radius 1 is 1.06 bits per heavy atom.